The summed E-state index contributed by atoms with van der Waals surface area (Å²) >= 11 is 5.96. The lowest BCUT2D eigenvalue weighted by Gasteiger charge is -2.29. The van der Waals surface area contributed by atoms with Crippen molar-refractivity contribution in [3.05, 3.63) is 65.0 Å². The van der Waals surface area contributed by atoms with Crippen LogP contribution in [0.1, 0.15) is 30.2 Å². The molecular weight excluding hydrogens is 388 g/mol. The summed E-state index contributed by atoms with van der Waals surface area (Å²) < 4.78 is 5.53. The molecular formula is C22H23ClN4O2. The normalized spacial score (nSPS) is 15.4. The molecule has 0 saturated carbocycles. The van der Waals surface area contributed by atoms with Crippen LogP contribution in [-0.4, -0.2) is 40.6 Å². The molecule has 1 aliphatic heterocycles. The van der Waals surface area contributed by atoms with E-state index in [-0.39, 0.29) is 11.8 Å². The molecule has 29 heavy (non-hydrogen) atoms. The molecule has 0 bridgehead atoms. The molecule has 1 fully saturated rings. The Balaban J connectivity index is 1.30. The molecule has 150 valence electrons. The summed E-state index contributed by atoms with van der Waals surface area (Å²) in [6, 6.07) is 15.3. The molecule has 7 heteroatoms. The Hall–Kier alpha value is -2.70. The Morgan fingerprint density at radius 1 is 1.21 bits per heavy atom. The van der Waals surface area contributed by atoms with Crippen LogP contribution in [0.4, 0.5) is 5.69 Å². The topological polar surface area (TPSA) is 71.3 Å². The quantitative estimate of drug-likeness (QED) is 0.669. The predicted octanol–water partition coefficient (Wildman–Crippen LogP) is 4.52. The summed E-state index contributed by atoms with van der Waals surface area (Å²) in [7, 11) is 0. The Kier molecular flexibility index (Phi) is 5.92. The van der Waals surface area contributed by atoms with Crippen molar-refractivity contribution in [2.24, 2.45) is 0 Å². The second-order valence-corrected chi connectivity index (χ2v) is 7.87. The Bertz CT molecular complexity index is 996. The molecule has 0 radical (unpaired) electrons. The first kappa shape index (κ1) is 19.6. The number of aryl methyl sites for hydroxylation is 1. The maximum absolute atomic E-state index is 12.3. The molecule has 1 saturated heterocycles. The zero-order valence-electron chi connectivity index (χ0n) is 16.3. The number of likely N-dealkylation sites (tertiary alicyclic amines) is 1. The summed E-state index contributed by atoms with van der Waals surface area (Å²) in [5, 5.41) is 7.65. The zero-order valence-corrected chi connectivity index (χ0v) is 17.0. The number of anilines is 1. The van der Waals surface area contributed by atoms with Gasteiger partial charge in [0, 0.05) is 22.2 Å². The van der Waals surface area contributed by atoms with E-state index in [1.807, 2.05) is 37.3 Å². The van der Waals surface area contributed by atoms with Crippen LogP contribution in [0.5, 0.6) is 0 Å². The fraction of sp³-hybridized carbons (Fsp3) is 0.318. The van der Waals surface area contributed by atoms with E-state index in [2.05, 4.69) is 26.4 Å². The molecule has 0 aliphatic carbocycles. The highest BCUT2D eigenvalue weighted by Crippen LogP contribution is 2.28. The van der Waals surface area contributed by atoms with Crippen molar-refractivity contribution in [1.82, 2.24) is 15.0 Å². The Morgan fingerprint density at radius 2 is 2.00 bits per heavy atom. The second-order valence-electron chi connectivity index (χ2n) is 7.43. The van der Waals surface area contributed by atoms with Crippen molar-refractivity contribution in [1.29, 1.82) is 0 Å². The number of nitrogens with zero attached hydrogens (tertiary/aromatic N) is 3. The number of carbonyl (C=O) groups is 1. The van der Waals surface area contributed by atoms with Gasteiger partial charge in [-0.05, 0) is 57.1 Å². The molecule has 2 heterocycles. The van der Waals surface area contributed by atoms with E-state index in [0.29, 0.717) is 29.0 Å². The van der Waals surface area contributed by atoms with Crippen LogP contribution in [0.25, 0.3) is 11.4 Å². The van der Waals surface area contributed by atoms with E-state index >= 15 is 0 Å². The third kappa shape index (κ3) is 5.02. The highest BCUT2D eigenvalue weighted by atomic mass is 35.5. The molecule has 1 aliphatic rings. The van der Waals surface area contributed by atoms with Gasteiger partial charge >= 0.3 is 0 Å². The summed E-state index contributed by atoms with van der Waals surface area (Å²) in [5.74, 6) is 1.51. The van der Waals surface area contributed by atoms with Crippen molar-refractivity contribution in [2.45, 2.75) is 25.7 Å². The Morgan fingerprint density at radius 3 is 2.76 bits per heavy atom. The van der Waals surface area contributed by atoms with Crippen LogP contribution in [-0.2, 0) is 4.79 Å². The van der Waals surface area contributed by atoms with Gasteiger partial charge < -0.3 is 9.84 Å². The van der Waals surface area contributed by atoms with Crippen LogP contribution in [0, 0.1) is 6.92 Å². The maximum Gasteiger partial charge on any atom is 0.238 e. The number of benzene rings is 2. The van der Waals surface area contributed by atoms with Crippen LogP contribution in [0.2, 0.25) is 5.02 Å². The number of halogens is 1. The van der Waals surface area contributed by atoms with E-state index in [1.54, 1.807) is 12.1 Å². The molecule has 4 rings (SSSR count). The molecule has 0 spiro atoms. The number of hydrogen-bond acceptors (Lipinski definition) is 5. The van der Waals surface area contributed by atoms with E-state index in [1.165, 1.54) is 5.56 Å². The van der Waals surface area contributed by atoms with Crippen molar-refractivity contribution < 1.29 is 9.32 Å². The van der Waals surface area contributed by atoms with E-state index in [9.17, 15) is 4.79 Å². The van der Waals surface area contributed by atoms with Gasteiger partial charge in [0.25, 0.3) is 0 Å². The average molecular weight is 411 g/mol. The summed E-state index contributed by atoms with van der Waals surface area (Å²) in [5.41, 5.74) is 2.85. The fourth-order valence-electron chi connectivity index (χ4n) is 3.61. The van der Waals surface area contributed by atoms with Crippen LogP contribution in [0.15, 0.2) is 53.1 Å². The standard InChI is InChI=1S/C22H23ClN4O2/c1-15-4-2-5-17(12-15)21-25-22(29-26-21)16-8-10-27(11-9-16)14-20(28)24-19-7-3-6-18(23)13-19/h2-7,12-13,16H,8-11,14H2,1H3,(H,24,28). The van der Waals surface area contributed by atoms with Gasteiger partial charge in [-0.25, -0.2) is 0 Å². The summed E-state index contributed by atoms with van der Waals surface area (Å²) in [4.78, 5) is 19.0. The van der Waals surface area contributed by atoms with Gasteiger partial charge in [-0.15, -0.1) is 0 Å². The van der Waals surface area contributed by atoms with Gasteiger partial charge in [0.2, 0.25) is 17.6 Å². The fourth-order valence-corrected chi connectivity index (χ4v) is 3.80. The van der Waals surface area contributed by atoms with Crippen LogP contribution in [0.3, 0.4) is 0 Å². The third-order valence-corrected chi connectivity index (χ3v) is 5.37. The second kappa shape index (κ2) is 8.76. The lowest BCUT2D eigenvalue weighted by Crippen LogP contribution is -2.38. The predicted molar refractivity (Wildman–Crippen MR) is 113 cm³/mol. The average Bonchev–Trinajstić information content (AvgIpc) is 3.19. The van der Waals surface area contributed by atoms with Gasteiger partial charge in [-0.2, -0.15) is 4.98 Å². The number of rotatable bonds is 5. The van der Waals surface area contributed by atoms with Gasteiger partial charge in [0.15, 0.2) is 0 Å². The first-order valence-corrected chi connectivity index (χ1v) is 10.1. The molecule has 3 aromatic rings. The number of carbonyl (C=O) groups excluding carboxylic acids is 1. The number of aromatic nitrogens is 2. The van der Waals surface area contributed by atoms with Crippen molar-refractivity contribution in [3.63, 3.8) is 0 Å². The molecule has 0 atom stereocenters. The van der Waals surface area contributed by atoms with Crippen molar-refractivity contribution in [3.8, 4) is 11.4 Å². The number of piperidine rings is 1. The number of amides is 1. The van der Waals surface area contributed by atoms with E-state index < -0.39 is 0 Å². The van der Waals surface area contributed by atoms with E-state index in [0.717, 1.165) is 31.5 Å². The van der Waals surface area contributed by atoms with Gasteiger partial charge in [-0.1, -0.05) is 46.6 Å². The molecule has 1 N–H and O–H groups in total. The first-order valence-electron chi connectivity index (χ1n) is 9.75. The largest absolute Gasteiger partial charge is 0.339 e. The number of hydrogen-bond donors (Lipinski definition) is 1. The minimum absolute atomic E-state index is 0.0368. The lowest BCUT2D eigenvalue weighted by molar-refractivity contribution is -0.117. The minimum Gasteiger partial charge on any atom is -0.339 e. The monoisotopic (exact) mass is 410 g/mol. The molecule has 6 nitrogen and oxygen atoms in total. The summed E-state index contributed by atoms with van der Waals surface area (Å²) in [6.07, 6.45) is 1.78. The van der Waals surface area contributed by atoms with Gasteiger partial charge in [-0.3, -0.25) is 9.69 Å². The maximum atomic E-state index is 12.3. The Labute approximate surface area is 174 Å². The molecule has 2 aromatic carbocycles. The zero-order chi connectivity index (χ0) is 20.2. The highest BCUT2D eigenvalue weighted by molar-refractivity contribution is 6.30. The smallest absolute Gasteiger partial charge is 0.238 e. The SMILES string of the molecule is Cc1cccc(-c2noc(C3CCN(CC(=O)Nc4cccc(Cl)c4)CC3)n2)c1. The molecule has 0 unspecified atom stereocenters. The van der Waals surface area contributed by atoms with Crippen molar-refractivity contribution in [2.75, 3.05) is 25.0 Å². The van der Waals surface area contributed by atoms with Crippen molar-refractivity contribution >= 4 is 23.2 Å². The highest BCUT2D eigenvalue weighted by Gasteiger charge is 2.26. The number of nitrogens with one attached hydrogen (secondary N) is 1. The van der Waals surface area contributed by atoms with Crippen LogP contribution < -0.4 is 5.32 Å². The van der Waals surface area contributed by atoms with Gasteiger partial charge in [0.05, 0.1) is 6.54 Å². The lowest BCUT2D eigenvalue weighted by atomic mass is 9.97. The van der Waals surface area contributed by atoms with Crippen LogP contribution >= 0.6 is 11.6 Å². The molecule has 1 aromatic heterocycles. The first-order chi connectivity index (χ1) is 14.1. The van der Waals surface area contributed by atoms with E-state index in [4.69, 9.17) is 16.1 Å². The minimum atomic E-state index is -0.0368. The van der Waals surface area contributed by atoms with Gasteiger partial charge in [0.1, 0.15) is 0 Å². The molecule has 1 amide bonds. The third-order valence-electron chi connectivity index (χ3n) is 5.13. The summed E-state index contributed by atoms with van der Waals surface area (Å²) in [6.45, 7) is 4.03.